The van der Waals surface area contributed by atoms with Gasteiger partial charge in [-0.2, -0.15) is 0 Å². The van der Waals surface area contributed by atoms with Crippen LogP contribution in [0, 0.1) is 0 Å². The average molecular weight is 605 g/mol. The second-order valence-electron chi connectivity index (χ2n) is 13.5. The van der Waals surface area contributed by atoms with E-state index in [0.717, 1.165) is 16.9 Å². The number of para-hydroxylation sites is 2. The number of imidazole rings is 1. The number of thiophene rings is 1. The Balaban J connectivity index is 1.41. The highest BCUT2D eigenvalue weighted by atomic mass is 32.1. The van der Waals surface area contributed by atoms with Crippen molar-refractivity contribution < 1.29 is 0 Å². The van der Waals surface area contributed by atoms with Crippen LogP contribution >= 0.6 is 11.3 Å². The van der Waals surface area contributed by atoms with Gasteiger partial charge in [-0.1, -0.05) is 107 Å². The highest BCUT2D eigenvalue weighted by Crippen LogP contribution is 2.45. The molecule has 0 bridgehead atoms. The number of aromatic nitrogens is 2. The lowest BCUT2D eigenvalue weighted by Crippen LogP contribution is -2.09. The quantitative estimate of drug-likeness (QED) is 0.185. The van der Waals surface area contributed by atoms with Gasteiger partial charge in [-0.3, -0.25) is 4.57 Å². The van der Waals surface area contributed by atoms with Crippen molar-refractivity contribution in [3.63, 3.8) is 0 Å². The summed E-state index contributed by atoms with van der Waals surface area (Å²) in [4.78, 5) is 5.41. The molecule has 2 nitrogen and oxygen atoms in total. The van der Waals surface area contributed by atoms with Crippen LogP contribution in [0.15, 0.2) is 103 Å². The van der Waals surface area contributed by atoms with Crippen molar-refractivity contribution in [2.75, 3.05) is 0 Å². The lowest BCUT2D eigenvalue weighted by Gasteiger charge is -2.24. The Kier molecular flexibility index (Phi) is 7.10. The van der Waals surface area contributed by atoms with Crippen molar-refractivity contribution in [2.45, 2.75) is 71.1 Å². The number of fused-ring (bicyclic) bond motifs is 4. The minimum atomic E-state index is 0.337. The number of rotatable bonds is 6. The molecule has 0 N–H and O–H groups in total. The van der Waals surface area contributed by atoms with Gasteiger partial charge in [-0.25, -0.2) is 4.98 Å². The van der Waals surface area contributed by atoms with Crippen LogP contribution in [0.3, 0.4) is 0 Å². The third-order valence-corrected chi connectivity index (χ3v) is 11.1. The Morgan fingerprint density at radius 1 is 0.689 bits per heavy atom. The van der Waals surface area contributed by atoms with E-state index in [2.05, 4.69) is 135 Å². The second kappa shape index (κ2) is 11.3. The number of hydrogen-bond donors (Lipinski definition) is 0. The topological polar surface area (TPSA) is 17.8 Å². The summed E-state index contributed by atoms with van der Waals surface area (Å²) >= 11 is 1.94. The Bertz CT molecular complexity index is 2140. The van der Waals surface area contributed by atoms with Gasteiger partial charge in [-0.15, -0.1) is 11.3 Å². The lowest BCUT2D eigenvalue weighted by atomic mass is 9.88. The summed E-state index contributed by atoms with van der Waals surface area (Å²) in [7, 11) is 0. The van der Waals surface area contributed by atoms with Crippen LogP contribution in [0.25, 0.3) is 59.4 Å². The summed E-state index contributed by atoms with van der Waals surface area (Å²) in [6.45, 7) is 9.30. The second-order valence-corrected chi connectivity index (χ2v) is 14.5. The molecule has 2 heterocycles. The molecule has 45 heavy (non-hydrogen) atoms. The Morgan fingerprint density at radius 2 is 1.40 bits per heavy atom. The molecule has 3 heteroatoms. The van der Waals surface area contributed by atoms with Gasteiger partial charge in [0.05, 0.1) is 16.7 Å². The molecule has 0 saturated heterocycles. The Labute approximate surface area is 270 Å². The van der Waals surface area contributed by atoms with Crippen LogP contribution in [0.2, 0.25) is 0 Å². The first-order chi connectivity index (χ1) is 22.0. The maximum absolute atomic E-state index is 5.41. The van der Waals surface area contributed by atoms with Crippen molar-refractivity contribution in [3.05, 3.63) is 120 Å². The maximum Gasteiger partial charge on any atom is 0.147 e. The molecule has 1 aliphatic rings. The van der Waals surface area contributed by atoms with E-state index in [4.69, 9.17) is 4.98 Å². The fourth-order valence-corrected chi connectivity index (χ4v) is 8.81. The van der Waals surface area contributed by atoms with E-state index in [1.54, 1.807) is 0 Å². The largest absolute Gasteiger partial charge is 0.292 e. The SMILES string of the molecule is CC(C)c1cc(-c2ccccc2)cc(C(C)C)c1-n1c(-c2cccc3c2sc2cc(C4CCCC4)ccc23)nc2ccccc21. The fraction of sp³-hybridized carbons (Fsp3) is 0.262. The summed E-state index contributed by atoms with van der Waals surface area (Å²) in [5, 5.41) is 2.69. The van der Waals surface area contributed by atoms with Gasteiger partial charge in [0.25, 0.3) is 0 Å². The van der Waals surface area contributed by atoms with Gasteiger partial charge < -0.3 is 0 Å². The van der Waals surface area contributed by atoms with Gasteiger partial charge >= 0.3 is 0 Å². The van der Waals surface area contributed by atoms with Crippen molar-refractivity contribution >= 4 is 42.5 Å². The van der Waals surface area contributed by atoms with Crippen LogP contribution in [0.4, 0.5) is 0 Å². The van der Waals surface area contributed by atoms with Crippen LogP contribution in [0.1, 0.15) is 87.8 Å². The zero-order valence-corrected chi connectivity index (χ0v) is 27.5. The predicted molar refractivity (Wildman–Crippen MR) is 194 cm³/mol. The molecule has 0 radical (unpaired) electrons. The van der Waals surface area contributed by atoms with Crippen molar-refractivity contribution in [1.29, 1.82) is 0 Å². The van der Waals surface area contributed by atoms with Crippen LogP contribution in [0.5, 0.6) is 0 Å². The molecular formula is C42H40N2S. The minimum Gasteiger partial charge on any atom is -0.292 e. The summed E-state index contributed by atoms with van der Waals surface area (Å²) in [6, 6.07) is 38.4. The molecule has 1 aliphatic carbocycles. The highest BCUT2D eigenvalue weighted by Gasteiger charge is 2.25. The van der Waals surface area contributed by atoms with Crippen LogP contribution < -0.4 is 0 Å². The first-order valence-corrected chi connectivity index (χ1v) is 17.5. The van der Waals surface area contributed by atoms with Gasteiger partial charge in [0.15, 0.2) is 0 Å². The Hall–Kier alpha value is -4.21. The zero-order valence-electron chi connectivity index (χ0n) is 26.7. The summed E-state index contributed by atoms with van der Waals surface area (Å²) in [5.74, 6) is 2.42. The smallest absolute Gasteiger partial charge is 0.147 e. The van der Waals surface area contributed by atoms with Gasteiger partial charge in [0, 0.05) is 25.7 Å². The molecule has 0 amide bonds. The summed E-state index contributed by atoms with van der Waals surface area (Å²) in [5.41, 5.74) is 11.5. The third kappa shape index (κ3) is 4.80. The standard InChI is InChI=1S/C42H40N2S/c1-26(2)35-23-31(29-13-6-5-7-14-29)24-36(27(3)4)40(35)44-38-20-11-10-19-37(38)43-42(44)34-18-12-17-33-32-22-21-30(28-15-8-9-16-28)25-39(32)45-41(33)34/h5-7,10-14,17-28H,8-9,15-16H2,1-4H3. The number of nitrogens with zero attached hydrogens (tertiary/aromatic N) is 2. The molecule has 1 saturated carbocycles. The first kappa shape index (κ1) is 28.3. The van der Waals surface area contributed by atoms with Crippen LogP contribution in [-0.2, 0) is 0 Å². The van der Waals surface area contributed by atoms with Gasteiger partial charge in [0.2, 0.25) is 0 Å². The molecule has 8 rings (SSSR count). The first-order valence-electron chi connectivity index (χ1n) is 16.6. The molecule has 0 aliphatic heterocycles. The molecular weight excluding hydrogens is 565 g/mol. The molecule has 5 aromatic carbocycles. The fourth-order valence-electron chi connectivity index (χ4n) is 7.55. The van der Waals surface area contributed by atoms with E-state index in [9.17, 15) is 0 Å². The van der Waals surface area contributed by atoms with Crippen LogP contribution in [-0.4, -0.2) is 9.55 Å². The predicted octanol–water partition coefficient (Wildman–Crippen LogP) is 12.6. The summed E-state index contributed by atoms with van der Waals surface area (Å²) in [6.07, 6.45) is 5.37. The summed E-state index contributed by atoms with van der Waals surface area (Å²) < 4.78 is 5.20. The van der Waals surface area contributed by atoms with E-state index >= 15 is 0 Å². The number of benzene rings is 5. The molecule has 0 atom stereocenters. The minimum absolute atomic E-state index is 0.337. The lowest BCUT2D eigenvalue weighted by molar-refractivity contribution is 0.724. The van der Waals surface area contributed by atoms with E-state index < -0.39 is 0 Å². The molecule has 2 aromatic heterocycles. The Morgan fingerprint density at radius 3 is 2.13 bits per heavy atom. The van der Waals surface area contributed by atoms with Crippen molar-refractivity contribution in [1.82, 2.24) is 9.55 Å². The normalized spacial score (nSPS) is 14.2. The highest BCUT2D eigenvalue weighted by molar-refractivity contribution is 7.26. The van der Waals surface area contributed by atoms with E-state index in [-0.39, 0.29) is 0 Å². The van der Waals surface area contributed by atoms with Gasteiger partial charge in [0.1, 0.15) is 5.82 Å². The molecule has 0 spiro atoms. The monoisotopic (exact) mass is 604 g/mol. The van der Waals surface area contributed by atoms with Crippen molar-refractivity contribution in [3.8, 4) is 28.2 Å². The van der Waals surface area contributed by atoms with E-state index in [1.807, 2.05) is 11.3 Å². The third-order valence-electron chi connectivity index (χ3n) is 9.89. The van der Waals surface area contributed by atoms with Crippen molar-refractivity contribution in [2.24, 2.45) is 0 Å². The molecule has 1 fully saturated rings. The molecule has 7 aromatic rings. The zero-order chi connectivity index (χ0) is 30.7. The maximum atomic E-state index is 5.41. The number of hydrogen-bond acceptors (Lipinski definition) is 2. The van der Waals surface area contributed by atoms with E-state index in [1.165, 1.54) is 84.9 Å². The van der Waals surface area contributed by atoms with Gasteiger partial charge in [-0.05, 0) is 94.8 Å². The van der Waals surface area contributed by atoms with E-state index in [0.29, 0.717) is 17.8 Å². The molecule has 0 unspecified atom stereocenters. The molecule has 224 valence electrons. The average Bonchev–Trinajstić information content (AvgIpc) is 3.81.